The summed E-state index contributed by atoms with van der Waals surface area (Å²) in [4.78, 5) is 7.31. The molecule has 6 nitrogen and oxygen atoms in total. The first kappa shape index (κ1) is 23.8. The van der Waals surface area contributed by atoms with Crippen LogP contribution in [-0.4, -0.2) is 57.3 Å². The van der Waals surface area contributed by atoms with Gasteiger partial charge in [-0.2, -0.15) is 0 Å². The molecular formula is C20H35IN4O2. The van der Waals surface area contributed by atoms with Gasteiger partial charge in [-0.15, -0.1) is 24.0 Å². The molecule has 27 heavy (non-hydrogen) atoms. The third kappa shape index (κ3) is 7.37. The molecule has 0 unspecified atom stereocenters. The first-order valence-electron chi connectivity index (χ1n) is 9.68. The van der Waals surface area contributed by atoms with E-state index in [-0.39, 0.29) is 24.0 Å². The van der Waals surface area contributed by atoms with E-state index in [0.717, 1.165) is 55.5 Å². The Labute approximate surface area is 181 Å². The maximum absolute atomic E-state index is 5.50. The quantitative estimate of drug-likeness (QED) is 0.333. The molecule has 7 heteroatoms. The minimum absolute atomic E-state index is 0. The highest BCUT2D eigenvalue weighted by atomic mass is 127. The molecule has 0 spiro atoms. The Balaban J connectivity index is 0.00000364. The van der Waals surface area contributed by atoms with Crippen molar-refractivity contribution in [3.05, 3.63) is 23.8 Å². The number of nitrogens with zero attached hydrogens (tertiary/aromatic N) is 2. The van der Waals surface area contributed by atoms with Crippen molar-refractivity contribution in [3.63, 3.8) is 0 Å². The van der Waals surface area contributed by atoms with Gasteiger partial charge in [-0.05, 0) is 38.8 Å². The van der Waals surface area contributed by atoms with Gasteiger partial charge >= 0.3 is 0 Å². The molecule has 0 amide bonds. The van der Waals surface area contributed by atoms with Crippen molar-refractivity contribution in [2.45, 2.75) is 45.7 Å². The smallest absolute Gasteiger partial charge is 0.191 e. The number of methoxy groups -OCH3 is 2. The Bertz CT molecular complexity index is 575. The molecule has 154 valence electrons. The lowest BCUT2D eigenvalue weighted by atomic mass is 10.1. The Morgan fingerprint density at radius 1 is 1.19 bits per heavy atom. The minimum atomic E-state index is 0. The molecule has 2 N–H and O–H groups in total. The lowest BCUT2D eigenvalue weighted by Gasteiger charge is -2.32. The fourth-order valence-corrected chi connectivity index (χ4v) is 3.37. The number of halogens is 1. The second-order valence-corrected chi connectivity index (χ2v) is 6.61. The summed E-state index contributed by atoms with van der Waals surface area (Å²) in [6.45, 7) is 9.25. The molecule has 1 heterocycles. The third-order valence-corrected chi connectivity index (χ3v) is 4.70. The lowest BCUT2D eigenvalue weighted by Crippen LogP contribution is -2.48. The van der Waals surface area contributed by atoms with Gasteiger partial charge in [-0.3, -0.25) is 0 Å². The summed E-state index contributed by atoms with van der Waals surface area (Å²) in [7, 11) is 3.32. The van der Waals surface area contributed by atoms with E-state index in [1.165, 1.54) is 13.0 Å². The maximum atomic E-state index is 5.50. The monoisotopic (exact) mass is 490 g/mol. The van der Waals surface area contributed by atoms with E-state index in [4.69, 9.17) is 14.5 Å². The predicted molar refractivity (Wildman–Crippen MR) is 123 cm³/mol. The van der Waals surface area contributed by atoms with E-state index in [2.05, 4.69) is 29.4 Å². The van der Waals surface area contributed by atoms with E-state index in [9.17, 15) is 0 Å². The zero-order chi connectivity index (χ0) is 18.8. The molecule has 0 aromatic heterocycles. The van der Waals surface area contributed by atoms with Crippen LogP contribution in [-0.2, 0) is 6.54 Å². The third-order valence-electron chi connectivity index (χ3n) is 4.70. The number of nitrogens with one attached hydrogen (secondary N) is 2. The Morgan fingerprint density at radius 3 is 2.52 bits per heavy atom. The van der Waals surface area contributed by atoms with Crippen LogP contribution >= 0.6 is 24.0 Å². The van der Waals surface area contributed by atoms with Gasteiger partial charge in [0.25, 0.3) is 0 Å². The molecule has 0 saturated carbocycles. The molecule has 0 bridgehead atoms. The van der Waals surface area contributed by atoms with Crippen molar-refractivity contribution in [2.24, 2.45) is 4.99 Å². The normalized spacial score (nSPS) is 15.8. The number of hydrogen-bond donors (Lipinski definition) is 2. The van der Waals surface area contributed by atoms with Crippen molar-refractivity contribution >= 4 is 29.9 Å². The number of ether oxygens (including phenoxy) is 2. The summed E-state index contributed by atoms with van der Waals surface area (Å²) in [5.41, 5.74) is 1.02. The molecule has 1 aromatic rings. The SMILES string of the molecule is CCCN1CCC(NC(=NCc2cccc(OC)c2OC)NCC)CC1.I. The van der Waals surface area contributed by atoms with E-state index >= 15 is 0 Å². The standard InChI is InChI=1S/C20H34N4O2.HI/c1-5-12-24-13-10-17(11-14-24)23-20(21-6-2)22-15-16-8-7-9-18(25-3)19(16)26-4;/h7-9,17H,5-6,10-15H2,1-4H3,(H2,21,22,23);1H. The summed E-state index contributed by atoms with van der Waals surface area (Å²) in [6.07, 6.45) is 3.55. The van der Waals surface area contributed by atoms with Crippen LogP contribution in [0, 0.1) is 0 Å². The molecule has 1 aliphatic rings. The van der Waals surface area contributed by atoms with Crippen molar-refractivity contribution in [1.82, 2.24) is 15.5 Å². The van der Waals surface area contributed by atoms with Crippen LogP contribution in [0.15, 0.2) is 23.2 Å². The fraction of sp³-hybridized carbons (Fsp3) is 0.650. The average molecular weight is 490 g/mol. The first-order chi connectivity index (χ1) is 12.7. The molecule has 0 radical (unpaired) electrons. The minimum Gasteiger partial charge on any atom is -0.493 e. The highest BCUT2D eigenvalue weighted by molar-refractivity contribution is 14.0. The Morgan fingerprint density at radius 2 is 1.93 bits per heavy atom. The highest BCUT2D eigenvalue weighted by Crippen LogP contribution is 2.31. The molecular weight excluding hydrogens is 455 g/mol. The lowest BCUT2D eigenvalue weighted by molar-refractivity contribution is 0.206. The van der Waals surface area contributed by atoms with E-state index in [0.29, 0.717) is 12.6 Å². The summed E-state index contributed by atoms with van der Waals surface area (Å²) in [5, 5.41) is 6.95. The number of rotatable bonds is 8. The van der Waals surface area contributed by atoms with Gasteiger partial charge in [-0.25, -0.2) is 4.99 Å². The van der Waals surface area contributed by atoms with Gasteiger partial charge < -0.3 is 25.0 Å². The number of benzene rings is 1. The van der Waals surface area contributed by atoms with E-state index in [1.807, 2.05) is 18.2 Å². The number of para-hydroxylation sites is 1. The molecule has 2 rings (SSSR count). The molecule has 0 atom stereocenters. The highest BCUT2D eigenvalue weighted by Gasteiger charge is 2.19. The van der Waals surface area contributed by atoms with Crippen LogP contribution in [0.5, 0.6) is 11.5 Å². The zero-order valence-electron chi connectivity index (χ0n) is 17.1. The van der Waals surface area contributed by atoms with Crippen LogP contribution in [0.3, 0.4) is 0 Å². The predicted octanol–water partition coefficient (Wildman–Crippen LogP) is 3.25. The van der Waals surface area contributed by atoms with Gasteiger partial charge in [0.1, 0.15) is 0 Å². The number of piperidine rings is 1. The Hall–Kier alpha value is -1.22. The van der Waals surface area contributed by atoms with Crippen LogP contribution in [0.2, 0.25) is 0 Å². The van der Waals surface area contributed by atoms with Gasteiger partial charge in [0.05, 0.1) is 20.8 Å². The van der Waals surface area contributed by atoms with Crippen LogP contribution in [0.1, 0.15) is 38.7 Å². The van der Waals surface area contributed by atoms with Crippen molar-refractivity contribution in [1.29, 1.82) is 0 Å². The number of hydrogen-bond acceptors (Lipinski definition) is 4. The maximum Gasteiger partial charge on any atom is 0.191 e. The molecule has 1 fully saturated rings. The van der Waals surface area contributed by atoms with E-state index < -0.39 is 0 Å². The summed E-state index contributed by atoms with van der Waals surface area (Å²) < 4.78 is 10.9. The number of aliphatic imine (C=N–C) groups is 1. The van der Waals surface area contributed by atoms with Crippen LogP contribution in [0.25, 0.3) is 0 Å². The molecule has 1 aliphatic heterocycles. The van der Waals surface area contributed by atoms with Gasteiger partial charge in [-0.1, -0.05) is 19.1 Å². The Kier molecular flexibility index (Phi) is 11.5. The molecule has 0 aliphatic carbocycles. The number of guanidine groups is 1. The summed E-state index contributed by atoms with van der Waals surface area (Å²) in [6, 6.07) is 6.38. The van der Waals surface area contributed by atoms with Crippen molar-refractivity contribution < 1.29 is 9.47 Å². The topological polar surface area (TPSA) is 58.1 Å². The van der Waals surface area contributed by atoms with Crippen LogP contribution < -0.4 is 20.1 Å². The van der Waals surface area contributed by atoms with Crippen LogP contribution in [0.4, 0.5) is 0 Å². The van der Waals surface area contributed by atoms with Gasteiger partial charge in [0.2, 0.25) is 0 Å². The van der Waals surface area contributed by atoms with E-state index in [1.54, 1.807) is 14.2 Å². The van der Waals surface area contributed by atoms with Crippen molar-refractivity contribution in [3.8, 4) is 11.5 Å². The fourth-order valence-electron chi connectivity index (χ4n) is 3.37. The number of likely N-dealkylation sites (tertiary alicyclic amines) is 1. The molecule has 1 aromatic carbocycles. The van der Waals surface area contributed by atoms with Crippen molar-refractivity contribution in [2.75, 3.05) is 40.4 Å². The summed E-state index contributed by atoms with van der Waals surface area (Å²) >= 11 is 0. The molecule has 1 saturated heterocycles. The largest absolute Gasteiger partial charge is 0.493 e. The van der Waals surface area contributed by atoms with Gasteiger partial charge in [0, 0.05) is 31.2 Å². The average Bonchev–Trinajstić information content (AvgIpc) is 2.67. The summed E-state index contributed by atoms with van der Waals surface area (Å²) in [5.74, 6) is 2.36. The first-order valence-corrected chi connectivity index (χ1v) is 9.68. The second-order valence-electron chi connectivity index (χ2n) is 6.61. The van der Waals surface area contributed by atoms with Gasteiger partial charge in [0.15, 0.2) is 17.5 Å². The zero-order valence-corrected chi connectivity index (χ0v) is 19.4. The second kappa shape index (κ2) is 13.0.